The van der Waals surface area contributed by atoms with Crippen LogP contribution in [0.3, 0.4) is 0 Å². The fourth-order valence-corrected chi connectivity index (χ4v) is 2.27. The van der Waals surface area contributed by atoms with Crippen LogP contribution < -0.4 is 15.6 Å². The molecule has 0 heterocycles. The lowest BCUT2D eigenvalue weighted by atomic mass is 10.2. The first-order chi connectivity index (χ1) is 11.0. The molecule has 7 heteroatoms. The Bertz CT molecular complexity index is 524. The lowest BCUT2D eigenvalue weighted by molar-refractivity contribution is -0.129. The summed E-state index contributed by atoms with van der Waals surface area (Å²) in [5, 5.41) is 0.970. The summed E-state index contributed by atoms with van der Waals surface area (Å²) in [5.74, 6) is 0.108. The number of nitrogens with one attached hydrogen (secondary N) is 2. The lowest BCUT2D eigenvalue weighted by Crippen LogP contribution is -2.41. The number of hydrogen-bond acceptors (Lipinski definition) is 3. The molecule has 0 aliphatic heterocycles. The Morgan fingerprint density at radius 2 is 1.70 bits per heavy atom. The maximum Gasteiger partial charge on any atom is 0.238 e. The van der Waals surface area contributed by atoms with Crippen molar-refractivity contribution in [3.8, 4) is 5.75 Å². The molecule has 0 aliphatic carbocycles. The van der Waals surface area contributed by atoms with Crippen LogP contribution in [0.5, 0.6) is 5.75 Å². The molecule has 0 bridgehead atoms. The molecule has 0 unspecified atom stereocenters. The number of ether oxygens (including phenoxy) is 1. The molecule has 0 spiro atoms. The molecule has 2 amide bonds. The van der Waals surface area contributed by atoms with Gasteiger partial charge in [-0.05, 0) is 31.0 Å². The highest BCUT2D eigenvalue weighted by molar-refractivity contribution is 6.35. The standard InChI is InChI=1S/C16H22Cl2N2O3/c1-2-3-4-6-15(21)19-20-16(22)7-5-10-23-14-9-8-12(17)11-13(14)18/h8-9,11H,2-7,10H2,1H3,(H,19,21)(H,20,22). The van der Waals surface area contributed by atoms with E-state index in [0.717, 1.165) is 19.3 Å². The topological polar surface area (TPSA) is 67.4 Å². The van der Waals surface area contributed by atoms with Crippen molar-refractivity contribution >= 4 is 35.0 Å². The van der Waals surface area contributed by atoms with Gasteiger partial charge in [0.15, 0.2) is 0 Å². The summed E-state index contributed by atoms with van der Waals surface area (Å²) in [7, 11) is 0. The Kier molecular flexibility index (Phi) is 9.48. The van der Waals surface area contributed by atoms with Gasteiger partial charge in [-0.25, -0.2) is 0 Å². The third kappa shape index (κ3) is 8.67. The zero-order valence-corrected chi connectivity index (χ0v) is 14.7. The SMILES string of the molecule is CCCCCC(=O)NNC(=O)CCCOc1ccc(Cl)cc1Cl. The number of rotatable bonds is 9. The molecule has 2 N–H and O–H groups in total. The van der Waals surface area contributed by atoms with E-state index in [9.17, 15) is 9.59 Å². The Balaban J connectivity index is 2.13. The summed E-state index contributed by atoms with van der Waals surface area (Å²) in [6.45, 7) is 2.41. The zero-order valence-electron chi connectivity index (χ0n) is 13.2. The maximum absolute atomic E-state index is 11.6. The average Bonchev–Trinajstić information content (AvgIpc) is 2.51. The molecule has 0 aromatic heterocycles. The number of benzene rings is 1. The first kappa shape index (κ1) is 19.6. The molecule has 1 aromatic rings. The summed E-state index contributed by atoms with van der Waals surface area (Å²) in [4.78, 5) is 23.0. The molecule has 1 rings (SSSR count). The first-order valence-electron chi connectivity index (χ1n) is 7.68. The van der Waals surface area contributed by atoms with Crippen LogP contribution in [-0.2, 0) is 9.59 Å². The van der Waals surface area contributed by atoms with E-state index < -0.39 is 0 Å². The Morgan fingerprint density at radius 3 is 2.30 bits per heavy atom. The number of amides is 2. The van der Waals surface area contributed by atoms with Gasteiger partial charge in [0.2, 0.25) is 11.8 Å². The quantitative estimate of drug-likeness (QED) is 0.518. The van der Waals surface area contributed by atoms with E-state index in [2.05, 4.69) is 17.8 Å². The first-order valence-corrected chi connectivity index (χ1v) is 8.44. The smallest absolute Gasteiger partial charge is 0.238 e. The molecule has 0 saturated carbocycles. The minimum absolute atomic E-state index is 0.170. The third-order valence-electron chi connectivity index (χ3n) is 3.05. The molecular weight excluding hydrogens is 339 g/mol. The van der Waals surface area contributed by atoms with Gasteiger partial charge in [-0.2, -0.15) is 0 Å². The van der Waals surface area contributed by atoms with Gasteiger partial charge in [-0.15, -0.1) is 0 Å². The van der Waals surface area contributed by atoms with Crippen molar-refractivity contribution in [3.63, 3.8) is 0 Å². The largest absolute Gasteiger partial charge is 0.492 e. The highest BCUT2D eigenvalue weighted by Gasteiger charge is 2.06. The predicted molar refractivity (Wildman–Crippen MR) is 91.6 cm³/mol. The van der Waals surface area contributed by atoms with Crippen LogP contribution in [0.1, 0.15) is 45.4 Å². The number of hydrazine groups is 1. The number of unbranched alkanes of at least 4 members (excludes halogenated alkanes) is 2. The van der Waals surface area contributed by atoms with E-state index in [-0.39, 0.29) is 18.2 Å². The van der Waals surface area contributed by atoms with Crippen molar-refractivity contribution in [3.05, 3.63) is 28.2 Å². The van der Waals surface area contributed by atoms with Crippen LogP contribution in [0, 0.1) is 0 Å². The van der Waals surface area contributed by atoms with E-state index in [0.29, 0.717) is 35.2 Å². The average molecular weight is 361 g/mol. The second-order valence-electron chi connectivity index (χ2n) is 5.08. The monoisotopic (exact) mass is 360 g/mol. The second-order valence-corrected chi connectivity index (χ2v) is 5.92. The van der Waals surface area contributed by atoms with Gasteiger partial charge < -0.3 is 4.74 Å². The van der Waals surface area contributed by atoms with Gasteiger partial charge in [0.25, 0.3) is 0 Å². The number of carbonyl (C=O) groups is 2. The second kappa shape index (κ2) is 11.1. The normalized spacial score (nSPS) is 10.2. The van der Waals surface area contributed by atoms with E-state index in [1.54, 1.807) is 18.2 Å². The fourth-order valence-electron chi connectivity index (χ4n) is 1.81. The van der Waals surface area contributed by atoms with Crippen molar-refractivity contribution < 1.29 is 14.3 Å². The Hall–Kier alpha value is -1.46. The van der Waals surface area contributed by atoms with Crippen LogP contribution in [0.4, 0.5) is 0 Å². The van der Waals surface area contributed by atoms with Crippen LogP contribution in [-0.4, -0.2) is 18.4 Å². The van der Waals surface area contributed by atoms with E-state index in [4.69, 9.17) is 27.9 Å². The highest BCUT2D eigenvalue weighted by atomic mass is 35.5. The maximum atomic E-state index is 11.6. The van der Waals surface area contributed by atoms with Gasteiger partial charge in [0.05, 0.1) is 11.6 Å². The molecule has 5 nitrogen and oxygen atoms in total. The van der Waals surface area contributed by atoms with E-state index >= 15 is 0 Å². The van der Waals surface area contributed by atoms with Gasteiger partial charge in [-0.3, -0.25) is 20.4 Å². The van der Waals surface area contributed by atoms with Crippen molar-refractivity contribution in [1.29, 1.82) is 0 Å². The predicted octanol–water partition coefficient (Wildman–Crippen LogP) is 3.88. The fraction of sp³-hybridized carbons (Fsp3) is 0.500. The molecular formula is C16H22Cl2N2O3. The van der Waals surface area contributed by atoms with Gasteiger partial charge in [0, 0.05) is 17.9 Å². The summed E-state index contributed by atoms with van der Waals surface area (Å²) in [6, 6.07) is 4.96. The minimum Gasteiger partial charge on any atom is -0.492 e. The third-order valence-corrected chi connectivity index (χ3v) is 3.58. The van der Waals surface area contributed by atoms with Crippen molar-refractivity contribution in [2.24, 2.45) is 0 Å². The molecule has 23 heavy (non-hydrogen) atoms. The summed E-state index contributed by atoms with van der Waals surface area (Å²) < 4.78 is 5.48. The summed E-state index contributed by atoms with van der Waals surface area (Å²) in [5.41, 5.74) is 4.79. The van der Waals surface area contributed by atoms with Gasteiger partial charge in [0.1, 0.15) is 5.75 Å². The minimum atomic E-state index is -0.250. The zero-order chi connectivity index (χ0) is 17.1. The molecule has 128 valence electrons. The van der Waals surface area contributed by atoms with E-state index in [1.807, 2.05) is 0 Å². The Morgan fingerprint density at radius 1 is 1.04 bits per heavy atom. The highest BCUT2D eigenvalue weighted by Crippen LogP contribution is 2.27. The van der Waals surface area contributed by atoms with Crippen molar-refractivity contribution in [2.45, 2.75) is 45.4 Å². The number of halogens is 2. The van der Waals surface area contributed by atoms with Gasteiger partial charge in [-0.1, -0.05) is 43.0 Å². The number of hydrogen-bond donors (Lipinski definition) is 2. The molecule has 0 fully saturated rings. The molecule has 1 aromatic carbocycles. The Labute approximate surface area is 146 Å². The molecule has 0 radical (unpaired) electrons. The summed E-state index contributed by atoms with van der Waals surface area (Å²) in [6.07, 6.45) is 4.07. The van der Waals surface area contributed by atoms with Crippen LogP contribution in [0.25, 0.3) is 0 Å². The van der Waals surface area contributed by atoms with Crippen LogP contribution >= 0.6 is 23.2 Å². The van der Waals surface area contributed by atoms with E-state index in [1.165, 1.54) is 0 Å². The van der Waals surface area contributed by atoms with Crippen LogP contribution in [0.15, 0.2) is 18.2 Å². The molecule has 0 atom stereocenters. The summed E-state index contributed by atoms with van der Waals surface area (Å²) >= 11 is 11.8. The van der Waals surface area contributed by atoms with Gasteiger partial charge >= 0.3 is 0 Å². The molecule has 0 saturated heterocycles. The molecule has 0 aliphatic rings. The lowest BCUT2D eigenvalue weighted by Gasteiger charge is -2.09. The van der Waals surface area contributed by atoms with Crippen LogP contribution in [0.2, 0.25) is 10.0 Å². The van der Waals surface area contributed by atoms with Crippen molar-refractivity contribution in [1.82, 2.24) is 10.9 Å². The number of carbonyl (C=O) groups excluding carboxylic acids is 2. The van der Waals surface area contributed by atoms with Crippen molar-refractivity contribution in [2.75, 3.05) is 6.61 Å².